The Labute approximate surface area is 194 Å². The van der Waals surface area contributed by atoms with Gasteiger partial charge in [-0.2, -0.15) is 5.10 Å². The number of sulfonamides is 1. The van der Waals surface area contributed by atoms with Crippen molar-refractivity contribution in [2.24, 2.45) is 0 Å². The Bertz CT molecular complexity index is 1390. The molecule has 4 aromatic rings. The lowest BCUT2D eigenvalue weighted by Gasteiger charge is -2.11. The lowest BCUT2D eigenvalue weighted by atomic mass is 10.1. The largest absolute Gasteiger partial charge is 0.457 e. The molecule has 1 heterocycles. The van der Waals surface area contributed by atoms with Crippen molar-refractivity contribution in [1.82, 2.24) is 9.78 Å². The Balaban J connectivity index is 1.55. The molecular weight excluding hydrogens is 434 g/mol. The zero-order valence-electron chi connectivity index (χ0n) is 19.2. The smallest absolute Gasteiger partial charge is 0.262 e. The predicted octanol–water partition coefficient (Wildman–Crippen LogP) is 5.76. The minimum absolute atomic E-state index is 0.239. The van der Waals surface area contributed by atoms with E-state index >= 15 is 0 Å². The first-order valence-electron chi connectivity index (χ1n) is 10.7. The fourth-order valence-electron chi connectivity index (χ4n) is 3.58. The van der Waals surface area contributed by atoms with Gasteiger partial charge in [-0.05, 0) is 80.8 Å². The van der Waals surface area contributed by atoms with Crippen LogP contribution in [0.1, 0.15) is 28.1 Å². The number of hydrogen-bond acceptors (Lipinski definition) is 4. The van der Waals surface area contributed by atoms with Gasteiger partial charge < -0.3 is 4.74 Å². The van der Waals surface area contributed by atoms with Gasteiger partial charge in [0.1, 0.15) is 11.5 Å². The third-order valence-electron chi connectivity index (χ3n) is 5.62. The van der Waals surface area contributed by atoms with Crippen LogP contribution in [0, 0.1) is 27.7 Å². The van der Waals surface area contributed by atoms with Gasteiger partial charge >= 0.3 is 0 Å². The van der Waals surface area contributed by atoms with Gasteiger partial charge in [0.15, 0.2) is 0 Å². The van der Waals surface area contributed by atoms with Crippen molar-refractivity contribution in [3.8, 4) is 11.5 Å². The molecule has 0 saturated heterocycles. The summed E-state index contributed by atoms with van der Waals surface area (Å²) in [5.41, 5.74) is 4.85. The number of para-hydroxylation sites is 1. The first kappa shape index (κ1) is 22.6. The van der Waals surface area contributed by atoms with Gasteiger partial charge in [-0.3, -0.25) is 9.40 Å². The second-order valence-electron chi connectivity index (χ2n) is 8.12. The Kier molecular flexibility index (Phi) is 6.24. The van der Waals surface area contributed by atoms with Gasteiger partial charge in [0, 0.05) is 0 Å². The fourth-order valence-corrected chi connectivity index (χ4v) is 4.84. The standard InChI is InChI=1S/C26H27N3O3S/c1-18-13-14-25(15-19(18)2)33(30,31)28-26-20(3)27-29(21(26)4)17-22-9-8-12-24(16-22)32-23-10-6-5-7-11-23/h5-16,28H,17H2,1-4H3. The van der Waals surface area contributed by atoms with Crippen LogP contribution in [-0.4, -0.2) is 18.2 Å². The number of anilines is 1. The predicted molar refractivity (Wildman–Crippen MR) is 130 cm³/mol. The molecule has 0 spiro atoms. The van der Waals surface area contributed by atoms with E-state index in [2.05, 4.69) is 9.82 Å². The lowest BCUT2D eigenvalue weighted by molar-refractivity contribution is 0.481. The average molecular weight is 462 g/mol. The van der Waals surface area contributed by atoms with Gasteiger partial charge in [-0.1, -0.05) is 36.4 Å². The van der Waals surface area contributed by atoms with Gasteiger partial charge in [-0.15, -0.1) is 0 Å². The summed E-state index contributed by atoms with van der Waals surface area (Å²) in [5, 5.41) is 4.58. The van der Waals surface area contributed by atoms with Crippen molar-refractivity contribution in [1.29, 1.82) is 0 Å². The zero-order valence-corrected chi connectivity index (χ0v) is 20.0. The molecule has 0 aliphatic rings. The molecule has 0 aliphatic carbocycles. The summed E-state index contributed by atoms with van der Waals surface area (Å²) < 4.78 is 36.4. The highest BCUT2D eigenvalue weighted by atomic mass is 32.2. The van der Waals surface area contributed by atoms with Crippen LogP contribution in [0.4, 0.5) is 5.69 Å². The molecule has 4 rings (SSSR count). The highest BCUT2D eigenvalue weighted by Crippen LogP contribution is 2.26. The highest BCUT2D eigenvalue weighted by Gasteiger charge is 2.20. The zero-order chi connectivity index (χ0) is 23.6. The molecule has 6 nitrogen and oxygen atoms in total. The van der Waals surface area contributed by atoms with Crippen LogP contribution in [0.25, 0.3) is 0 Å². The van der Waals surface area contributed by atoms with Gasteiger partial charge in [0.05, 0.1) is 28.5 Å². The molecule has 0 unspecified atom stereocenters. The summed E-state index contributed by atoms with van der Waals surface area (Å²) in [6.45, 7) is 8.01. The molecule has 0 bridgehead atoms. The number of nitrogens with one attached hydrogen (secondary N) is 1. The first-order chi connectivity index (χ1) is 15.7. The molecule has 0 atom stereocenters. The molecular formula is C26H27N3O3S. The van der Waals surface area contributed by atoms with Crippen LogP contribution in [-0.2, 0) is 16.6 Å². The van der Waals surface area contributed by atoms with Crippen molar-refractivity contribution in [3.05, 3.63) is 101 Å². The molecule has 0 saturated carbocycles. The minimum atomic E-state index is -3.72. The van der Waals surface area contributed by atoms with Gasteiger partial charge in [0.2, 0.25) is 0 Å². The summed E-state index contributed by atoms with van der Waals surface area (Å²) in [5.74, 6) is 1.50. The van der Waals surface area contributed by atoms with Crippen LogP contribution in [0.5, 0.6) is 11.5 Å². The number of rotatable bonds is 7. The Morgan fingerprint density at radius 2 is 1.58 bits per heavy atom. The number of hydrogen-bond donors (Lipinski definition) is 1. The van der Waals surface area contributed by atoms with E-state index in [1.807, 2.05) is 81.4 Å². The van der Waals surface area contributed by atoms with E-state index < -0.39 is 10.0 Å². The maximum absolute atomic E-state index is 13.0. The second kappa shape index (κ2) is 9.11. The van der Waals surface area contributed by atoms with E-state index in [9.17, 15) is 8.42 Å². The van der Waals surface area contributed by atoms with E-state index in [0.717, 1.165) is 33.9 Å². The summed E-state index contributed by atoms with van der Waals surface area (Å²) in [7, 11) is -3.72. The number of aryl methyl sites for hydroxylation is 3. The third-order valence-corrected chi connectivity index (χ3v) is 6.96. The van der Waals surface area contributed by atoms with E-state index in [4.69, 9.17) is 4.74 Å². The molecule has 3 aromatic carbocycles. The summed E-state index contributed by atoms with van der Waals surface area (Å²) in [4.78, 5) is 0.239. The summed E-state index contributed by atoms with van der Waals surface area (Å²) in [6.07, 6.45) is 0. The van der Waals surface area contributed by atoms with Crippen molar-refractivity contribution in [2.45, 2.75) is 39.1 Å². The van der Waals surface area contributed by atoms with Crippen LogP contribution in [0.3, 0.4) is 0 Å². The van der Waals surface area contributed by atoms with Gasteiger partial charge in [0.25, 0.3) is 10.0 Å². The molecule has 33 heavy (non-hydrogen) atoms. The molecule has 0 aliphatic heterocycles. The molecule has 0 radical (unpaired) electrons. The molecule has 0 amide bonds. The van der Waals surface area contributed by atoms with Crippen molar-refractivity contribution < 1.29 is 13.2 Å². The first-order valence-corrected chi connectivity index (χ1v) is 12.2. The van der Waals surface area contributed by atoms with Crippen molar-refractivity contribution >= 4 is 15.7 Å². The number of nitrogens with zero attached hydrogens (tertiary/aromatic N) is 2. The summed E-state index contributed by atoms with van der Waals surface area (Å²) >= 11 is 0. The Morgan fingerprint density at radius 3 is 2.30 bits per heavy atom. The maximum atomic E-state index is 13.0. The average Bonchev–Trinajstić information content (AvgIpc) is 3.03. The van der Waals surface area contributed by atoms with E-state index in [-0.39, 0.29) is 4.90 Å². The van der Waals surface area contributed by atoms with Crippen molar-refractivity contribution in [3.63, 3.8) is 0 Å². The van der Waals surface area contributed by atoms with Crippen LogP contribution >= 0.6 is 0 Å². The minimum Gasteiger partial charge on any atom is -0.457 e. The molecule has 1 aromatic heterocycles. The van der Waals surface area contributed by atoms with E-state index in [0.29, 0.717) is 17.9 Å². The van der Waals surface area contributed by atoms with Crippen molar-refractivity contribution in [2.75, 3.05) is 4.72 Å². The topological polar surface area (TPSA) is 73.2 Å². The molecule has 0 fully saturated rings. The van der Waals surface area contributed by atoms with Crippen LogP contribution in [0.2, 0.25) is 0 Å². The quantitative estimate of drug-likeness (QED) is 0.380. The van der Waals surface area contributed by atoms with E-state index in [1.54, 1.807) is 23.7 Å². The second-order valence-corrected chi connectivity index (χ2v) is 9.80. The number of ether oxygens (including phenoxy) is 1. The molecule has 7 heteroatoms. The monoisotopic (exact) mass is 461 g/mol. The van der Waals surface area contributed by atoms with Crippen LogP contribution < -0.4 is 9.46 Å². The molecule has 170 valence electrons. The number of aromatic nitrogens is 2. The van der Waals surface area contributed by atoms with Gasteiger partial charge in [-0.25, -0.2) is 8.42 Å². The third kappa shape index (κ3) is 5.09. The molecule has 1 N–H and O–H groups in total. The normalized spacial score (nSPS) is 11.4. The number of benzene rings is 3. The fraction of sp³-hybridized carbons (Fsp3) is 0.192. The highest BCUT2D eigenvalue weighted by molar-refractivity contribution is 7.92. The van der Waals surface area contributed by atoms with E-state index in [1.165, 1.54) is 0 Å². The summed E-state index contributed by atoms with van der Waals surface area (Å²) in [6, 6.07) is 22.5. The SMILES string of the molecule is Cc1ccc(S(=O)(=O)Nc2c(C)nn(Cc3cccc(Oc4ccccc4)c3)c2C)cc1C. The van der Waals surface area contributed by atoms with Crippen LogP contribution in [0.15, 0.2) is 77.7 Å². The lowest BCUT2D eigenvalue weighted by Crippen LogP contribution is -2.14. The Hall–Kier alpha value is -3.58. The maximum Gasteiger partial charge on any atom is 0.262 e. The Morgan fingerprint density at radius 1 is 0.848 bits per heavy atom.